The van der Waals surface area contributed by atoms with E-state index in [9.17, 15) is 4.79 Å². The molecule has 0 heterocycles. The summed E-state index contributed by atoms with van der Waals surface area (Å²) in [7, 11) is 0. The Labute approximate surface area is 59.8 Å². The summed E-state index contributed by atoms with van der Waals surface area (Å²) < 4.78 is 0. The molecule has 4 heteroatoms. The molecule has 0 radical (unpaired) electrons. The van der Waals surface area contributed by atoms with E-state index in [2.05, 4.69) is 0 Å². The maximum atomic E-state index is 10.5. The van der Waals surface area contributed by atoms with Gasteiger partial charge in [0.2, 0.25) is 0 Å². The lowest BCUT2D eigenvalue weighted by Gasteiger charge is -2.23. The van der Waals surface area contributed by atoms with E-state index in [1.165, 1.54) is 0 Å². The molecule has 0 rings (SSSR count). The highest BCUT2D eigenvalue weighted by molar-refractivity contribution is 5.78. The lowest BCUT2D eigenvalue weighted by atomic mass is 9.94. The number of carboxylic acid groups (broad SMARTS) is 1. The quantitative estimate of drug-likeness (QED) is 0.509. The van der Waals surface area contributed by atoms with E-state index in [-0.39, 0.29) is 0 Å². The van der Waals surface area contributed by atoms with Crippen molar-refractivity contribution in [2.45, 2.75) is 32.2 Å². The number of hydrogen-bond acceptors (Lipinski definition) is 3. The largest absolute Gasteiger partial charge is 0.480 e. The maximum absolute atomic E-state index is 10.5. The first-order chi connectivity index (χ1) is 4.63. The van der Waals surface area contributed by atoms with Gasteiger partial charge in [-0.1, -0.05) is 13.8 Å². The zero-order chi connectivity index (χ0) is 8.20. The van der Waals surface area contributed by atoms with Crippen molar-refractivity contribution >= 4 is 5.97 Å². The summed E-state index contributed by atoms with van der Waals surface area (Å²) in [5.41, 5.74) is 0.662. The Morgan fingerprint density at radius 2 is 1.90 bits per heavy atom. The molecule has 0 bridgehead atoms. The first-order valence-electron chi connectivity index (χ1n) is 3.27. The Balaban J connectivity index is 4.31. The van der Waals surface area contributed by atoms with Crippen molar-refractivity contribution < 1.29 is 15.1 Å². The van der Waals surface area contributed by atoms with E-state index in [1.807, 2.05) is 5.48 Å². The number of hydroxylamine groups is 1. The standard InChI is InChI=1S/C6H13NO3/c1-3-6(4-2,7-10)5(8)9/h7,10H,3-4H2,1-2H3,(H,8,9). The molecule has 0 saturated heterocycles. The normalized spacial score (nSPS) is 11.5. The van der Waals surface area contributed by atoms with Gasteiger partial charge in [-0.25, -0.2) is 0 Å². The minimum atomic E-state index is -1.15. The summed E-state index contributed by atoms with van der Waals surface area (Å²) in [5, 5.41) is 17.1. The van der Waals surface area contributed by atoms with E-state index in [1.54, 1.807) is 13.8 Å². The zero-order valence-corrected chi connectivity index (χ0v) is 6.22. The molecule has 10 heavy (non-hydrogen) atoms. The molecule has 0 aromatic heterocycles. The maximum Gasteiger partial charge on any atom is 0.326 e. The number of nitrogens with one attached hydrogen (secondary N) is 1. The molecule has 0 saturated carbocycles. The Kier molecular flexibility index (Phi) is 3.32. The van der Waals surface area contributed by atoms with Crippen LogP contribution in [0.5, 0.6) is 0 Å². The van der Waals surface area contributed by atoms with Crippen LogP contribution in [0, 0.1) is 0 Å². The van der Waals surface area contributed by atoms with Gasteiger partial charge in [0.1, 0.15) is 5.54 Å². The molecule has 0 spiro atoms. The van der Waals surface area contributed by atoms with Gasteiger partial charge in [0.25, 0.3) is 0 Å². The van der Waals surface area contributed by atoms with Gasteiger partial charge in [0.05, 0.1) is 0 Å². The van der Waals surface area contributed by atoms with Gasteiger partial charge in [-0.15, -0.1) is 0 Å². The van der Waals surface area contributed by atoms with Gasteiger partial charge in [-0.05, 0) is 12.8 Å². The summed E-state index contributed by atoms with van der Waals surface area (Å²) in [4.78, 5) is 10.5. The van der Waals surface area contributed by atoms with Crippen LogP contribution >= 0.6 is 0 Å². The lowest BCUT2D eigenvalue weighted by molar-refractivity contribution is -0.150. The average molecular weight is 147 g/mol. The highest BCUT2D eigenvalue weighted by atomic mass is 16.5. The van der Waals surface area contributed by atoms with E-state index >= 15 is 0 Å². The fraction of sp³-hybridized carbons (Fsp3) is 0.833. The Morgan fingerprint density at radius 3 is 1.90 bits per heavy atom. The van der Waals surface area contributed by atoms with E-state index in [0.717, 1.165) is 0 Å². The predicted molar refractivity (Wildman–Crippen MR) is 35.9 cm³/mol. The topological polar surface area (TPSA) is 69.6 Å². The molecular weight excluding hydrogens is 134 g/mol. The van der Waals surface area contributed by atoms with Gasteiger partial charge < -0.3 is 10.3 Å². The molecular formula is C6H13NO3. The summed E-state index contributed by atoms with van der Waals surface area (Å²) >= 11 is 0. The third kappa shape index (κ3) is 1.46. The highest BCUT2D eigenvalue weighted by Crippen LogP contribution is 2.13. The molecule has 0 amide bonds. The minimum absolute atomic E-state index is 0.370. The molecule has 0 aromatic rings. The second-order valence-corrected chi connectivity index (χ2v) is 2.21. The van der Waals surface area contributed by atoms with Crippen molar-refractivity contribution in [2.75, 3.05) is 0 Å². The van der Waals surface area contributed by atoms with Crippen molar-refractivity contribution in [1.82, 2.24) is 5.48 Å². The van der Waals surface area contributed by atoms with Crippen molar-refractivity contribution in [1.29, 1.82) is 0 Å². The first kappa shape index (κ1) is 9.39. The van der Waals surface area contributed by atoms with Crippen molar-refractivity contribution in [2.24, 2.45) is 0 Å². The highest BCUT2D eigenvalue weighted by Gasteiger charge is 2.33. The van der Waals surface area contributed by atoms with Crippen LogP contribution in [0.1, 0.15) is 26.7 Å². The van der Waals surface area contributed by atoms with Crippen LogP contribution in [0.15, 0.2) is 0 Å². The minimum Gasteiger partial charge on any atom is -0.480 e. The first-order valence-corrected chi connectivity index (χ1v) is 3.27. The van der Waals surface area contributed by atoms with Crippen molar-refractivity contribution in [3.63, 3.8) is 0 Å². The van der Waals surface area contributed by atoms with Crippen LogP contribution < -0.4 is 5.48 Å². The fourth-order valence-electron chi connectivity index (χ4n) is 0.758. The fourth-order valence-corrected chi connectivity index (χ4v) is 0.758. The number of aliphatic carboxylic acids is 1. The molecule has 0 atom stereocenters. The predicted octanol–water partition coefficient (Wildman–Crippen LogP) is 0.609. The molecule has 0 aliphatic rings. The van der Waals surface area contributed by atoms with Crippen LogP contribution in [-0.4, -0.2) is 21.8 Å². The van der Waals surface area contributed by atoms with Gasteiger partial charge >= 0.3 is 5.97 Å². The molecule has 0 aromatic carbocycles. The number of carboxylic acids is 1. The van der Waals surface area contributed by atoms with Crippen LogP contribution in [-0.2, 0) is 4.79 Å². The van der Waals surface area contributed by atoms with Crippen LogP contribution in [0.25, 0.3) is 0 Å². The second-order valence-electron chi connectivity index (χ2n) is 2.21. The Morgan fingerprint density at radius 1 is 1.50 bits per heavy atom. The second kappa shape index (κ2) is 3.53. The molecule has 4 nitrogen and oxygen atoms in total. The van der Waals surface area contributed by atoms with Crippen LogP contribution in [0.2, 0.25) is 0 Å². The molecule has 0 aliphatic heterocycles. The van der Waals surface area contributed by atoms with Crippen molar-refractivity contribution in [3.8, 4) is 0 Å². The SMILES string of the molecule is CCC(CC)(NO)C(=O)O. The molecule has 0 fully saturated rings. The molecule has 0 unspecified atom stereocenters. The van der Waals surface area contributed by atoms with E-state index < -0.39 is 11.5 Å². The zero-order valence-electron chi connectivity index (χ0n) is 6.22. The Bertz CT molecular complexity index is 112. The summed E-state index contributed by atoms with van der Waals surface area (Å²) in [6.07, 6.45) is 0.741. The molecule has 3 N–H and O–H groups in total. The van der Waals surface area contributed by atoms with E-state index in [4.69, 9.17) is 10.3 Å². The molecule has 60 valence electrons. The molecule has 0 aliphatic carbocycles. The van der Waals surface area contributed by atoms with Gasteiger partial charge in [0.15, 0.2) is 0 Å². The third-order valence-electron chi connectivity index (χ3n) is 1.83. The van der Waals surface area contributed by atoms with E-state index in [0.29, 0.717) is 12.8 Å². The van der Waals surface area contributed by atoms with Gasteiger partial charge in [-0.3, -0.25) is 4.79 Å². The van der Waals surface area contributed by atoms with Gasteiger partial charge in [-0.2, -0.15) is 5.48 Å². The lowest BCUT2D eigenvalue weighted by Crippen LogP contribution is -2.49. The van der Waals surface area contributed by atoms with Gasteiger partial charge in [0, 0.05) is 0 Å². The average Bonchev–Trinajstić information content (AvgIpc) is 1.92. The van der Waals surface area contributed by atoms with Crippen molar-refractivity contribution in [3.05, 3.63) is 0 Å². The Hall–Kier alpha value is -0.610. The smallest absolute Gasteiger partial charge is 0.326 e. The number of carbonyl (C=O) groups is 1. The summed E-state index contributed by atoms with van der Waals surface area (Å²) in [6.45, 7) is 3.42. The third-order valence-corrected chi connectivity index (χ3v) is 1.83. The summed E-state index contributed by atoms with van der Waals surface area (Å²) in [6, 6.07) is 0. The van der Waals surface area contributed by atoms with Crippen LogP contribution in [0.4, 0.5) is 0 Å². The van der Waals surface area contributed by atoms with Crippen LogP contribution in [0.3, 0.4) is 0 Å². The number of rotatable bonds is 4. The number of hydrogen-bond donors (Lipinski definition) is 3. The summed E-state index contributed by atoms with van der Waals surface area (Å²) in [5.74, 6) is -1.01. The monoisotopic (exact) mass is 147 g/mol.